The van der Waals surface area contributed by atoms with Gasteiger partial charge in [0.15, 0.2) is 18.1 Å². The predicted octanol–water partition coefficient (Wildman–Crippen LogP) is 1.60. The molecule has 26 heavy (non-hydrogen) atoms. The van der Waals surface area contributed by atoms with E-state index in [-0.39, 0.29) is 35.7 Å². The van der Waals surface area contributed by atoms with Crippen LogP contribution in [0.2, 0.25) is 5.02 Å². The average Bonchev–Trinajstić information content (AvgIpc) is 2.91. The smallest absolute Gasteiger partial charge is 0.255 e. The highest BCUT2D eigenvalue weighted by Crippen LogP contribution is 2.37. The Morgan fingerprint density at radius 1 is 1.31 bits per heavy atom. The first-order valence-electron chi connectivity index (χ1n) is 8.32. The lowest BCUT2D eigenvalue weighted by molar-refractivity contribution is -0.119. The van der Waals surface area contributed by atoms with Gasteiger partial charge in [-0.2, -0.15) is 0 Å². The van der Waals surface area contributed by atoms with Crippen LogP contribution in [0.5, 0.6) is 11.5 Å². The summed E-state index contributed by atoms with van der Waals surface area (Å²) in [7, 11) is 1.45. The van der Waals surface area contributed by atoms with Crippen molar-refractivity contribution < 1.29 is 19.1 Å². The number of nitrogens with two attached hydrogens (primary N) is 1. The predicted molar refractivity (Wildman–Crippen MR) is 100 cm³/mol. The molecule has 144 valence electrons. The van der Waals surface area contributed by atoms with E-state index >= 15 is 0 Å². The maximum absolute atomic E-state index is 12.9. The van der Waals surface area contributed by atoms with Crippen LogP contribution in [0.1, 0.15) is 29.6 Å². The standard InChI is InChI=1S/C17H22ClN3O4.ClH/c1-24-14-7-10(6-13(18)16(14)25-9-15(19)22)17(23)21-5-4-11-2-3-12(8-21)20-11;/h6-7,11-12,20H,2-5,8-9H2,1H3,(H2,19,22);1H. The van der Waals surface area contributed by atoms with Gasteiger partial charge in [0, 0.05) is 30.7 Å². The number of methoxy groups -OCH3 is 1. The van der Waals surface area contributed by atoms with Gasteiger partial charge in [-0.05, 0) is 31.4 Å². The lowest BCUT2D eigenvalue weighted by Crippen LogP contribution is -2.39. The van der Waals surface area contributed by atoms with Crippen LogP contribution in [-0.4, -0.2) is 55.6 Å². The minimum atomic E-state index is -0.620. The van der Waals surface area contributed by atoms with Crippen LogP contribution >= 0.6 is 24.0 Å². The normalized spacial score (nSPS) is 21.5. The van der Waals surface area contributed by atoms with Gasteiger partial charge in [-0.1, -0.05) is 11.6 Å². The van der Waals surface area contributed by atoms with Crippen molar-refractivity contribution in [1.29, 1.82) is 0 Å². The SMILES string of the molecule is COc1cc(C(=O)N2CCC3CCC(C2)N3)cc(Cl)c1OCC(N)=O.Cl. The molecule has 0 aliphatic carbocycles. The number of likely N-dealkylation sites (tertiary alicyclic amines) is 1. The van der Waals surface area contributed by atoms with Crippen molar-refractivity contribution in [2.24, 2.45) is 5.73 Å². The maximum atomic E-state index is 12.9. The highest BCUT2D eigenvalue weighted by atomic mass is 35.5. The molecule has 0 aromatic heterocycles. The van der Waals surface area contributed by atoms with E-state index in [2.05, 4.69) is 5.32 Å². The fraction of sp³-hybridized carbons (Fsp3) is 0.529. The molecule has 0 spiro atoms. The number of carbonyl (C=O) groups excluding carboxylic acids is 2. The summed E-state index contributed by atoms with van der Waals surface area (Å²) < 4.78 is 10.6. The van der Waals surface area contributed by atoms with Gasteiger partial charge in [0.2, 0.25) is 0 Å². The summed E-state index contributed by atoms with van der Waals surface area (Å²) in [5, 5.41) is 3.76. The molecule has 2 aliphatic rings. The molecule has 2 fully saturated rings. The minimum Gasteiger partial charge on any atom is -0.493 e. The number of benzene rings is 1. The van der Waals surface area contributed by atoms with Crippen LogP contribution in [-0.2, 0) is 4.79 Å². The molecule has 2 amide bonds. The molecule has 2 bridgehead atoms. The third-order valence-corrected chi connectivity index (χ3v) is 4.93. The van der Waals surface area contributed by atoms with Gasteiger partial charge in [-0.25, -0.2) is 0 Å². The number of primary amides is 1. The quantitative estimate of drug-likeness (QED) is 0.778. The third kappa shape index (κ3) is 4.52. The van der Waals surface area contributed by atoms with Crippen molar-refractivity contribution in [3.8, 4) is 11.5 Å². The van der Waals surface area contributed by atoms with Crippen LogP contribution in [0.15, 0.2) is 12.1 Å². The second-order valence-electron chi connectivity index (χ2n) is 6.42. The van der Waals surface area contributed by atoms with E-state index in [0.29, 0.717) is 36.5 Å². The molecular formula is C17H23Cl2N3O4. The van der Waals surface area contributed by atoms with Crippen LogP contribution in [0.3, 0.4) is 0 Å². The molecule has 2 unspecified atom stereocenters. The summed E-state index contributed by atoms with van der Waals surface area (Å²) >= 11 is 6.23. The van der Waals surface area contributed by atoms with E-state index in [1.54, 1.807) is 12.1 Å². The van der Waals surface area contributed by atoms with E-state index in [9.17, 15) is 9.59 Å². The number of nitrogens with one attached hydrogen (secondary N) is 1. The molecule has 3 rings (SSSR count). The summed E-state index contributed by atoms with van der Waals surface area (Å²) in [6.07, 6.45) is 3.23. The molecule has 1 aromatic rings. The first kappa shape index (κ1) is 20.6. The Balaban J connectivity index is 0.00000243. The largest absolute Gasteiger partial charge is 0.493 e. The molecule has 9 heteroatoms. The Hall–Kier alpha value is -1.70. The lowest BCUT2D eigenvalue weighted by Gasteiger charge is -2.25. The van der Waals surface area contributed by atoms with Gasteiger partial charge >= 0.3 is 0 Å². The lowest BCUT2D eigenvalue weighted by atomic mass is 10.1. The van der Waals surface area contributed by atoms with Gasteiger partial charge in [-0.3, -0.25) is 9.59 Å². The highest BCUT2D eigenvalue weighted by Gasteiger charge is 2.32. The van der Waals surface area contributed by atoms with Crippen LogP contribution < -0.4 is 20.5 Å². The van der Waals surface area contributed by atoms with E-state index < -0.39 is 5.91 Å². The van der Waals surface area contributed by atoms with Crippen molar-refractivity contribution in [3.63, 3.8) is 0 Å². The Morgan fingerprint density at radius 3 is 2.73 bits per heavy atom. The zero-order valence-electron chi connectivity index (χ0n) is 14.5. The van der Waals surface area contributed by atoms with Crippen molar-refractivity contribution in [2.45, 2.75) is 31.3 Å². The van der Waals surface area contributed by atoms with E-state index in [1.165, 1.54) is 13.5 Å². The molecule has 2 aliphatic heterocycles. The summed E-state index contributed by atoms with van der Waals surface area (Å²) in [4.78, 5) is 25.7. The number of halogens is 2. The van der Waals surface area contributed by atoms with E-state index in [4.69, 9.17) is 26.8 Å². The zero-order chi connectivity index (χ0) is 18.0. The molecule has 2 atom stereocenters. The summed E-state index contributed by atoms with van der Waals surface area (Å²) in [5.74, 6) is -0.205. The van der Waals surface area contributed by atoms with Gasteiger partial charge < -0.3 is 25.4 Å². The van der Waals surface area contributed by atoms with E-state index in [0.717, 1.165) is 12.8 Å². The summed E-state index contributed by atoms with van der Waals surface area (Å²) in [6, 6.07) is 3.98. The molecule has 0 radical (unpaired) electrons. The van der Waals surface area contributed by atoms with Crippen LogP contribution in [0, 0.1) is 0 Å². The van der Waals surface area contributed by atoms with Crippen molar-refractivity contribution in [1.82, 2.24) is 10.2 Å². The molecular weight excluding hydrogens is 381 g/mol. The summed E-state index contributed by atoms with van der Waals surface area (Å²) in [5.41, 5.74) is 5.52. The second-order valence-corrected chi connectivity index (χ2v) is 6.83. The number of amides is 2. The van der Waals surface area contributed by atoms with Crippen LogP contribution in [0.25, 0.3) is 0 Å². The Bertz CT molecular complexity index is 686. The molecule has 1 aromatic carbocycles. The van der Waals surface area contributed by atoms with Gasteiger partial charge in [0.05, 0.1) is 12.1 Å². The van der Waals surface area contributed by atoms with Crippen molar-refractivity contribution in [3.05, 3.63) is 22.7 Å². The Kier molecular flexibility index (Phi) is 6.97. The molecule has 3 N–H and O–H groups in total. The first-order valence-corrected chi connectivity index (χ1v) is 8.69. The topological polar surface area (TPSA) is 93.9 Å². The number of ether oxygens (including phenoxy) is 2. The maximum Gasteiger partial charge on any atom is 0.255 e. The van der Waals surface area contributed by atoms with Crippen molar-refractivity contribution >= 4 is 35.8 Å². The zero-order valence-corrected chi connectivity index (χ0v) is 16.1. The number of hydrogen-bond acceptors (Lipinski definition) is 5. The number of carbonyl (C=O) groups is 2. The van der Waals surface area contributed by atoms with Crippen LogP contribution in [0.4, 0.5) is 0 Å². The molecule has 0 saturated carbocycles. The Labute approximate surface area is 163 Å². The summed E-state index contributed by atoms with van der Waals surface area (Å²) in [6.45, 7) is 1.09. The number of hydrogen-bond donors (Lipinski definition) is 2. The molecule has 2 heterocycles. The van der Waals surface area contributed by atoms with Gasteiger partial charge in [0.1, 0.15) is 0 Å². The molecule has 7 nitrogen and oxygen atoms in total. The van der Waals surface area contributed by atoms with E-state index in [1.807, 2.05) is 4.90 Å². The Morgan fingerprint density at radius 2 is 2.04 bits per heavy atom. The first-order chi connectivity index (χ1) is 12.0. The number of nitrogens with zero attached hydrogens (tertiary/aromatic N) is 1. The number of rotatable bonds is 5. The van der Waals surface area contributed by atoms with Crippen molar-refractivity contribution in [2.75, 3.05) is 26.8 Å². The fourth-order valence-electron chi connectivity index (χ4n) is 3.44. The second kappa shape index (κ2) is 8.79. The average molecular weight is 404 g/mol. The monoisotopic (exact) mass is 403 g/mol. The van der Waals surface area contributed by atoms with Gasteiger partial charge in [0.25, 0.3) is 11.8 Å². The highest BCUT2D eigenvalue weighted by molar-refractivity contribution is 6.32. The fourth-order valence-corrected chi connectivity index (χ4v) is 3.70. The van der Waals surface area contributed by atoms with Gasteiger partial charge in [-0.15, -0.1) is 12.4 Å². The molecule has 2 saturated heterocycles. The minimum absolute atomic E-state index is 0. The number of fused-ring (bicyclic) bond motifs is 2. The third-order valence-electron chi connectivity index (χ3n) is 4.65.